The first kappa shape index (κ1) is 12.8. The minimum absolute atomic E-state index is 0.240. The van der Waals surface area contributed by atoms with Crippen molar-refractivity contribution in [1.29, 1.82) is 0 Å². The van der Waals surface area contributed by atoms with Gasteiger partial charge >= 0.3 is 0 Å². The number of thiophene rings is 1. The van der Waals surface area contributed by atoms with Crippen LogP contribution in [0.15, 0.2) is 6.07 Å². The van der Waals surface area contributed by atoms with Gasteiger partial charge in [0, 0.05) is 17.0 Å². The Kier molecular flexibility index (Phi) is 4.64. The van der Waals surface area contributed by atoms with Crippen LogP contribution in [0.2, 0.25) is 0 Å². The molecule has 0 aromatic carbocycles. The van der Waals surface area contributed by atoms with E-state index in [2.05, 4.69) is 40.9 Å². The number of hydrogen-bond acceptors (Lipinski definition) is 3. The number of aryl methyl sites for hydroxylation is 1. The molecule has 90 valence electrons. The van der Waals surface area contributed by atoms with E-state index >= 15 is 0 Å². The standard InChI is InChI=1S/C12H18INOS/c1-2-8(7-15)14-10-4-3-5-11-9(10)6-12(13)16-11/h6,8,10,14-15H,2-5,7H2,1H3. The van der Waals surface area contributed by atoms with Crippen LogP contribution in [0, 0.1) is 2.88 Å². The van der Waals surface area contributed by atoms with E-state index in [9.17, 15) is 5.11 Å². The average Bonchev–Trinajstić information content (AvgIpc) is 2.67. The molecule has 1 aromatic rings. The second-order valence-corrected chi connectivity index (χ2v) is 7.36. The van der Waals surface area contributed by atoms with E-state index in [0.29, 0.717) is 6.04 Å². The summed E-state index contributed by atoms with van der Waals surface area (Å²) in [5, 5.41) is 12.8. The summed E-state index contributed by atoms with van der Waals surface area (Å²) in [7, 11) is 0. The van der Waals surface area contributed by atoms with E-state index in [1.807, 2.05) is 11.3 Å². The molecule has 16 heavy (non-hydrogen) atoms. The van der Waals surface area contributed by atoms with Gasteiger partial charge in [-0.25, -0.2) is 0 Å². The van der Waals surface area contributed by atoms with Gasteiger partial charge in [0.25, 0.3) is 0 Å². The Morgan fingerprint density at radius 2 is 2.50 bits per heavy atom. The molecule has 1 aromatic heterocycles. The molecular formula is C12H18INOS. The van der Waals surface area contributed by atoms with E-state index in [0.717, 1.165) is 6.42 Å². The quantitative estimate of drug-likeness (QED) is 0.818. The highest BCUT2D eigenvalue weighted by atomic mass is 127. The van der Waals surface area contributed by atoms with E-state index < -0.39 is 0 Å². The highest BCUT2D eigenvalue weighted by Crippen LogP contribution is 2.36. The molecule has 2 N–H and O–H groups in total. The number of hydrogen-bond donors (Lipinski definition) is 2. The van der Waals surface area contributed by atoms with Gasteiger partial charge in [-0.3, -0.25) is 0 Å². The van der Waals surface area contributed by atoms with E-state index in [1.54, 1.807) is 4.88 Å². The van der Waals surface area contributed by atoms with Crippen LogP contribution in [0.4, 0.5) is 0 Å². The number of aliphatic hydroxyl groups is 1. The summed E-state index contributed by atoms with van der Waals surface area (Å²) in [6, 6.07) is 3.01. The second kappa shape index (κ2) is 5.80. The summed E-state index contributed by atoms with van der Waals surface area (Å²) in [5.74, 6) is 0. The smallest absolute Gasteiger partial charge is 0.0659 e. The number of aliphatic hydroxyl groups excluding tert-OH is 1. The van der Waals surface area contributed by atoms with Crippen LogP contribution in [-0.4, -0.2) is 17.8 Å². The number of halogens is 1. The third kappa shape index (κ3) is 2.78. The molecule has 0 fully saturated rings. The van der Waals surface area contributed by atoms with Gasteiger partial charge in [0.2, 0.25) is 0 Å². The highest BCUT2D eigenvalue weighted by Gasteiger charge is 2.23. The van der Waals surface area contributed by atoms with Gasteiger partial charge in [-0.2, -0.15) is 0 Å². The zero-order chi connectivity index (χ0) is 11.5. The molecule has 0 bridgehead atoms. The summed E-state index contributed by atoms with van der Waals surface area (Å²) in [6.45, 7) is 2.36. The fourth-order valence-electron chi connectivity index (χ4n) is 2.28. The van der Waals surface area contributed by atoms with Gasteiger partial charge in [-0.05, 0) is 59.9 Å². The van der Waals surface area contributed by atoms with Crippen molar-refractivity contribution in [2.75, 3.05) is 6.61 Å². The third-order valence-corrected chi connectivity index (χ3v) is 5.20. The van der Waals surface area contributed by atoms with Crippen molar-refractivity contribution in [2.24, 2.45) is 0 Å². The maximum atomic E-state index is 9.25. The molecule has 2 unspecified atom stereocenters. The van der Waals surface area contributed by atoms with E-state index in [4.69, 9.17) is 0 Å². The molecule has 0 aliphatic heterocycles. The summed E-state index contributed by atoms with van der Waals surface area (Å²) < 4.78 is 1.38. The molecule has 4 heteroatoms. The first-order valence-electron chi connectivity index (χ1n) is 5.89. The van der Waals surface area contributed by atoms with Crippen LogP contribution in [0.25, 0.3) is 0 Å². The van der Waals surface area contributed by atoms with Gasteiger partial charge in [0.1, 0.15) is 0 Å². The number of fused-ring (bicyclic) bond motifs is 1. The minimum Gasteiger partial charge on any atom is -0.395 e. The maximum Gasteiger partial charge on any atom is 0.0659 e. The zero-order valence-corrected chi connectivity index (χ0v) is 12.5. The minimum atomic E-state index is 0.240. The molecule has 0 radical (unpaired) electrons. The molecule has 0 saturated heterocycles. The summed E-state index contributed by atoms with van der Waals surface area (Å²) >= 11 is 4.32. The van der Waals surface area contributed by atoms with Crippen LogP contribution >= 0.6 is 33.9 Å². The van der Waals surface area contributed by atoms with Crippen molar-refractivity contribution >= 4 is 33.9 Å². The molecule has 0 amide bonds. The predicted molar refractivity (Wildman–Crippen MR) is 77.0 cm³/mol. The van der Waals surface area contributed by atoms with E-state index in [-0.39, 0.29) is 12.6 Å². The van der Waals surface area contributed by atoms with Crippen LogP contribution in [0.5, 0.6) is 0 Å². The van der Waals surface area contributed by atoms with Gasteiger partial charge in [0.05, 0.1) is 9.49 Å². The van der Waals surface area contributed by atoms with Crippen molar-refractivity contribution in [2.45, 2.75) is 44.7 Å². The summed E-state index contributed by atoms with van der Waals surface area (Å²) in [4.78, 5) is 1.54. The van der Waals surface area contributed by atoms with Gasteiger partial charge in [0.15, 0.2) is 0 Å². The first-order chi connectivity index (χ1) is 7.74. The molecule has 2 rings (SSSR count). The lowest BCUT2D eigenvalue weighted by Crippen LogP contribution is -2.36. The Hall–Kier alpha value is 0.350. The predicted octanol–water partition coefficient (Wildman–Crippen LogP) is 3.09. The Morgan fingerprint density at radius 1 is 1.69 bits per heavy atom. The van der Waals surface area contributed by atoms with E-state index in [1.165, 1.54) is 27.7 Å². The molecule has 2 nitrogen and oxygen atoms in total. The van der Waals surface area contributed by atoms with Crippen LogP contribution in [-0.2, 0) is 6.42 Å². The lowest BCUT2D eigenvalue weighted by Gasteiger charge is -2.27. The maximum absolute atomic E-state index is 9.25. The fourth-order valence-corrected chi connectivity index (χ4v) is 4.40. The normalized spacial score (nSPS) is 21.8. The number of nitrogens with one attached hydrogen (secondary N) is 1. The van der Waals surface area contributed by atoms with Gasteiger partial charge in [-0.15, -0.1) is 11.3 Å². The first-order valence-corrected chi connectivity index (χ1v) is 7.79. The SMILES string of the molecule is CCC(CO)NC1CCCc2sc(I)cc21. The summed E-state index contributed by atoms with van der Waals surface area (Å²) in [5.41, 5.74) is 1.48. The Bertz CT molecular complexity index is 349. The van der Waals surface area contributed by atoms with Crippen molar-refractivity contribution in [3.05, 3.63) is 19.4 Å². The molecule has 0 spiro atoms. The molecule has 0 saturated carbocycles. The lowest BCUT2D eigenvalue weighted by atomic mass is 9.93. The molecule has 2 atom stereocenters. The number of rotatable bonds is 4. The van der Waals surface area contributed by atoms with Crippen molar-refractivity contribution in [3.63, 3.8) is 0 Å². The van der Waals surface area contributed by atoms with Crippen LogP contribution < -0.4 is 5.32 Å². The Labute approximate surface area is 115 Å². The second-order valence-electron chi connectivity index (χ2n) is 4.33. The highest BCUT2D eigenvalue weighted by molar-refractivity contribution is 14.1. The van der Waals surface area contributed by atoms with Crippen LogP contribution in [0.1, 0.15) is 42.7 Å². The van der Waals surface area contributed by atoms with Gasteiger partial charge in [-0.1, -0.05) is 6.92 Å². The molecule has 1 aliphatic carbocycles. The molecular weight excluding hydrogens is 333 g/mol. The topological polar surface area (TPSA) is 32.3 Å². The lowest BCUT2D eigenvalue weighted by molar-refractivity contribution is 0.223. The van der Waals surface area contributed by atoms with Crippen molar-refractivity contribution in [3.8, 4) is 0 Å². The monoisotopic (exact) mass is 351 g/mol. The third-order valence-electron chi connectivity index (χ3n) is 3.23. The van der Waals surface area contributed by atoms with Crippen molar-refractivity contribution in [1.82, 2.24) is 5.32 Å². The molecule has 1 heterocycles. The van der Waals surface area contributed by atoms with Crippen molar-refractivity contribution < 1.29 is 5.11 Å². The zero-order valence-electron chi connectivity index (χ0n) is 9.50. The van der Waals surface area contributed by atoms with Gasteiger partial charge < -0.3 is 10.4 Å². The largest absolute Gasteiger partial charge is 0.395 e. The molecule has 1 aliphatic rings. The Balaban J connectivity index is 2.12. The average molecular weight is 351 g/mol. The Morgan fingerprint density at radius 3 is 3.19 bits per heavy atom. The fraction of sp³-hybridized carbons (Fsp3) is 0.667. The van der Waals surface area contributed by atoms with Crippen LogP contribution in [0.3, 0.4) is 0 Å². The summed E-state index contributed by atoms with van der Waals surface area (Å²) in [6.07, 6.45) is 4.69.